The number of hydrogen-bond acceptors (Lipinski definition) is 2. The molecule has 0 amide bonds. The zero-order chi connectivity index (χ0) is 13.8. The summed E-state index contributed by atoms with van der Waals surface area (Å²) in [5, 5.41) is 0. The van der Waals surface area contributed by atoms with E-state index in [0.29, 0.717) is 6.10 Å². The predicted molar refractivity (Wildman–Crippen MR) is 78.6 cm³/mol. The van der Waals surface area contributed by atoms with E-state index in [1.807, 2.05) is 0 Å². The summed E-state index contributed by atoms with van der Waals surface area (Å²) in [7, 11) is 0. The molecule has 0 spiro atoms. The molecule has 0 aromatic heterocycles. The molecule has 4 atom stereocenters. The smallest absolute Gasteiger partial charge is 0.0777 e. The van der Waals surface area contributed by atoms with Crippen LogP contribution in [0.2, 0.25) is 0 Å². The molecule has 1 rings (SSSR count). The Labute approximate surface area is 114 Å². The van der Waals surface area contributed by atoms with Crippen molar-refractivity contribution in [1.29, 1.82) is 0 Å². The lowest BCUT2D eigenvalue weighted by Gasteiger charge is -2.39. The molecule has 1 fully saturated rings. The second-order valence-electron chi connectivity index (χ2n) is 7.06. The van der Waals surface area contributed by atoms with Crippen molar-refractivity contribution < 1.29 is 4.74 Å². The Balaban J connectivity index is 2.60. The minimum atomic E-state index is 0.134. The van der Waals surface area contributed by atoms with E-state index in [4.69, 9.17) is 10.5 Å². The fraction of sp³-hybridized carbons (Fsp3) is 1.00. The summed E-state index contributed by atoms with van der Waals surface area (Å²) in [6.45, 7) is 11.2. The third-order valence-corrected chi connectivity index (χ3v) is 4.36. The molecular weight excluding hydrogens is 222 g/mol. The molecule has 0 heterocycles. The Bertz CT molecular complexity index is 234. The zero-order valence-corrected chi connectivity index (χ0v) is 13.0. The monoisotopic (exact) mass is 255 g/mol. The topological polar surface area (TPSA) is 35.2 Å². The summed E-state index contributed by atoms with van der Waals surface area (Å²) in [5.74, 6) is 0.863. The van der Waals surface area contributed by atoms with Crippen molar-refractivity contribution in [2.45, 2.75) is 91.4 Å². The molecule has 1 saturated carbocycles. The van der Waals surface area contributed by atoms with E-state index in [1.54, 1.807) is 0 Å². The van der Waals surface area contributed by atoms with Gasteiger partial charge in [-0.3, -0.25) is 0 Å². The van der Waals surface area contributed by atoms with Crippen molar-refractivity contribution in [1.82, 2.24) is 0 Å². The Morgan fingerprint density at radius 2 is 1.89 bits per heavy atom. The largest absolute Gasteiger partial charge is 0.373 e. The minimum absolute atomic E-state index is 0.134. The summed E-state index contributed by atoms with van der Waals surface area (Å²) in [5.41, 5.74) is 6.40. The van der Waals surface area contributed by atoms with Gasteiger partial charge < -0.3 is 10.5 Å². The van der Waals surface area contributed by atoms with Gasteiger partial charge in [0.2, 0.25) is 0 Å². The van der Waals surface area contributed by atoms with Gasteiger partial charge in [0.15, 0.2) is 0 Å². The third kappa shape index (κ3) is 4.55. The van der Waals surface area contributed by atoms with Gasteiger partial charge in [-0.2, -0.15) is 0 Å². The van der Waals surface area contributed by atoms with E-state index in [2.05, 4.69) is 34.6 Å². The maximum absolute atomic E-state index is 6.42. The van der Waals surface area contributed by atoms with Crippen molar-refractivity contribution in [2.24, 2.45) is 17.1 Å². The van der Waals surface area contributed by atoms with Crippen LogP contribution in [0.4, 0.5) is 0 Å². The summed E-state index contributed by atoms with van der Waals surface area (Å²) in [6, 6.07) is 0.159. The van der Waals surface area contributed by atoms with Crippen LogP contribution in [0.1, 0.15) is 73.1 Å². The lowest BCUT2D eigenvalue weighted by Crippen LogP contribution is -2.47. The van der Waals surface area contributed by atoms with Gasteiger partial charge in [0.1, 0.15) is 0 Å². The molecule has 18 heavy (non-hydrogen) atoms. The normalized spacial score (nSPS) is 29.0. The van der Waals surface area contributed by atoms with Crippen LogP contribution in [0.25, 0.3) is 0 Å². The first-order valence-electron chi connectivity index (χ1n) is 7.79. The molecule has 0 aromatic carbocycles. The Kier molecular flexibility index (Phi) is 6.13. The lowest BCUT2D eigenvalue weighted by atomic mass is 9.82. The number of rotatable bonds is 5. The molecular formula is C16H33NO. The maximum Gasteiger partial charge on any atom is 0.0777 e. The van der Waals surface area contributed by atoms with E-state index in [1.165, 1.54) is 32.1 Å². The number of ether oxygens (including phenoxy) is 1. The molecule has 0 aliphatic heterocycles. The second-order valence-corrected chi connectivity index (χ2v) is 7.06. The third-order valence-electron chi connectivity index (χ3n) is 4.36. The average molecular weight is 255 g/mol. The summed E-state index contributed by atoms with van der Waals surface area (Å²) >= 11 is 0. The van der Waals surface area contributed by atoms with E-state index >= 15 is 0 Å². The van der Waals surface area contributed by atoms with Crippen LogP contribution >= 0.6 is 0 Å². The van der Waals surface area contributed by atoms with Gasteiger partial charge in [-0.25, -0.2) is 0 Å². The van der Waals surface area contributed by atoms with Crippen LogP contribution < -0.4 is 5.73 Å². The van der Waals surface area contributed by atoms with Crippen molar-refractivity contribution in [3.63, 3.8) is 0 Å². The van der Waals surface area contributed by atoms with Gasteiger partial charge in [-0.15, -0.1) is 0 Å². The SMILES string of the molecule is CCC1CCCC(OC(C(N)CC)C(C)(C)C)C1. The highest BCUT2D eigenvalue weighted by Crippen LogP contribution is 2.33. The lowest BCUT2D eigenvalue weighted by molar-refractivity contribution is -0.0968. The molecule has 0 bridgehead atoms. The first-order chi connectivity index (χ1) is 8.38. The highest BCUT2D eigenvalue weighted by Gasteiger charge is 2.33. The predicted octanol–water partition coefficient (Wildman–Crippen LogP) is 4.12. The molecule has 1 aliphatic rings. The van der Waals surface area contributed by atoms with Crippen LogP contribution in [-0.4, -0.2) is 18.2 Å². The van der Waals surface area contributed by atoms with E-state index in [0.717, 1.165) is 12.3 Å². The molecule has 4 unspecified atom stereocenters. The van der Waals surface area contributed by atoms with Crippen molar-refractivity contribution in [2.75, 3.05) is 0 Å². The van der Waals surface area contributed by atoms with E-state index < -0.39 is 0 Å². The molecule has 2 heteroatoms. The summed E-state index contributed by atoms with van der Waals surface area (Å²) in [6.07, 6.45) is 8.07. The molecule has 2 N–H and O–H groups in total. The molecule has 1 aliphatic carbocycles. The molecule has 0 aromatic rings. The fourth-order valence-corrected chi connectivity index (χ4v) is 3.10. The van der Waals surface area contributed by atoms with Crippen LogP contribution in [0.3, 0.4) is 0 Å². The van der Waals surface area contributed by atoms with Crippen LogP contribution in [0.5, 0.6) is 0 Å². The zero-order valence-electron chi connectivity index (χ0n) is 13.0. The number of nitrogens with two attached hydrogens (primary N) is 1. The molecule has 0 radical (unpaired) electrons. The summed E-state index contributed by atoms with van der Waals surface area (Å²) in [4.78, 5) is 0. The maximum atomic E-state index is 6.42. The summed E-state index contributed by atoms with van der Waals surface area (Å²) < 4.78 is 6.42. The van der Waals surface area contributed by atoms with Crippen LogP contribution in [-0.2, 0) is 4.74 Å². The Hall–Kier alpha value is -0.0800. The van der Waals surface area contributed by atoms with E-state index in [-0.39, 0.29) is 17.6 Å². The highest BCUT2D eigenvalue weighted by molar-refractivity contribution is 4.85. The molecule has 2 nitrogen and oxygen atoms in total. The fourth-order valence-electron chi connectivity index (χ4n) is 3.10. The Morgan fingerprint density at radius 3 is 2.39 bits per heavy atom. The number of hydrogen-bond donors (Lipinski definition) is 1. The van der Waals surface area contributed by atoms with Gasteiger partial charge in [-0.05, 0) is 30.6 Å². The standard InChI is InChI=1S/C16H33NO/c1-6-12-9-8-10-13(11-12)18-15(14(17)7-2)16(3,4)5/h12-15H,6-11,17H2,1-5H3. The van der Waals surface area contributed by atoms with E-state index in [9.17, 15) is 0 Å². The van der Waals surface area contributed by atoms with Crippen molar-refractivity contribution in [3.8, 4) is 0 Å². The first-order valence-corrected chi connectivity index (χ1v) is 7.79. The second kappa shape index (κ2) is 6.91. The average Bonchev–Trinajstić information content (AvgIpc) is 2.34. The highest BCUT2D eigenvalue weighted by atomic mass is 16.5. The van der Waals surface area contributed by atoms with Gasteiger partial charge in [-0.1, -0.05) is 53.9 Å². The van der Waals surface area contributed by atoms with Crippen molar-refractivity contribution >= 4 is 0 Å². The first kappa shape index (κ1) is 16.0. The van der Waals surface area contributed by atoms with Gasteiger partial charge >= 0.3 is 0 Å². The molecule has 0 saturated heterocycles. The minimum Gasteiger partial charge on any atom is -0.373 e. The quantitative estimate of drug-likeness (QED) is 0.802. The molecule has 108 valence electrons. The van der Waals surface area contributed by atoms with Gasteiger partial charge in [0, 0.05) is 6.04 Å². The van der Waals surface area contributed by atoms with Crippen molar-refractivity contribution in [3.05, 3.63) is 0 Å². The van der Waals surface area contributed by atoms with Gasteiger partial charge in [0.25, 0.3) is 0 Å². The Morgan fingerprint density at radius 1 is 1.22 bits per heavy atom. The van der Waals surface area contributed by atoms with Gasteiger partial charge in [0.05, 0.1) is 12.2 Å². The van der Waals surface area contributed by atoms with Crippen LogP contribution in [0, 0.1) is 11.3 Å². The van der Waals surface area contributed by atoms with Crippen LogP contribution in [0.15, 0.2) is 0 Å².